The Morgan fingerprint density at radius 1 is 1.32 bits per heavy atom. The monoisotopic (exact) mass is 460 g/mol. The minimum atomic E-state index is -5.08. The Bertz CT molecular complexity index is 879. The SMILES string of the molecule is Cc1nc(COCc2cnc3n2CCN(CC2CCC2)C3C)cs1.O=C(O)C(F)(F)F. The number of alkyl halides is 3. The van der Waals surface area contributed by atoms with Crippen LogP contribution in [0.25, 0.3) is 0 Å². The van der Waals surface area contributed by atoms with Crippen LogP contribution in [-0.2, 0) is 29.3 Å². The van der Waals surface area contributed by atoms with E-state index in [0.29, 0.717) is 19.3 Å². The molecule has 1 fully saturated rings. The molecule has 0 spiro atoms. The third kappa shape index (κ3) is 6.27. The zero-order valence-corrected chi connectivity index (χ0v) is 18.4. The normalized spacial score (nSPS) is 19.3. The predicted octanol–water partition coefficient (Wildman–Crippen LogP) is 4.17. The molecule has 7 nitrogen and oxygen atoms in total. The van der Waals surface area contributed by atoms with Gasteiger partial charge in [-0.15, -0.1) is 11.3 Å². The fraction of sp³-hybridized carbons (Fsp3) is 0.650. The summed E-state index contributed by atoms with van der Waals surface area (Å²) in [4.78, 5) is 20.6. The number of rotatable bonds is 6. The zero-order valence-electron chi connectivity index (χ0n) is 17.6. The molecule has 2 aliphatic rings. The third-order valence-corrected chi connectivity index (χ3v) is 6.45. The van der Waals surface area contributed by atoms with Crippen molar-refractivity contribution in [2.24, 2.45) is 5.92 Å². The predicted molar refractivity (Wildman–Crippen MR) is 109 cm³/mol. The van der Waals surface area contributed by atoms with Crippen LogP contribution in [0.4, 0.5) is 13.2 Å². The van der Waals surface area contributed by atoms with Crippen LogP contribution in [-0.4, -0.2) is 49.8 Å². The molecular formula is C20H27F3N4O3S. The Morgan fingerprint density at radius 3 is 2.58 bits per heavy atom. The van der Waals surface area contributed by atoms with Gasteiger partial charge in [-0.25, -0.2) is 14.8 Å². The van der Waals surface area contributed by atoms with Crippen molar-refractivity contribution in [3.63, 3.8) is 0 Å². The Morgan fingerprint density at radius 2 is 2.03 bits per heavy atom. The van der Waals surface area contributed by atoms with E-state index in [0.717, 1.165) is 29.7 Å². The highest BCUT2D eigenvalue weighted by Gasteiger charge is 2.38. The largest absolute Gasteiger partial charge is 0.490 e. The number of carbonyl (C=O) groups is 1. The average molecular weight is 461 g/mol. The lowest BCUT2D eigenvalue weighted by Gasteiger charge is -2.39. The second kappa shape index (κ2) is 10.1. The van der Waals surface area contributed by atoms with Crippen LogP contribution in [0.1, 0.15) is 54.4 Å². The molecule has 2 aromatic rings. The molecule has 0 bridgehead atoms. The summed E-state index contributed by atoms with van der Waals surface area (Å²) < 4.78 is 40.0. The minimum absolute atomic E-state index is 0.411. The van der Waals surface area contributed by atoms with Gasteiger partial charge in [0.1, 0.15) is 5.82 Å². The van der Waals surface area contributed by atoms with E-state index >= 15 is 0 Å². The fourth-order valence-corrected chi connectivity index (χ4v) is 4.31. The number of imidazole rings is 1. The van der Waals surface area contributed by atoms with Gasteiger partial charge in [-0.1, -0.05) is 6.42 Å². The molecule has 1 atom stereocenters. The average Bonchev–Trinajstić information content (AvgIpc) is 3.26. The molecule has 11 heteroatoms. The molecule has 1 aliphatic carbocycles. The van der Waals surface area contributed by atoms with Crippen LogP contribution < -0.4 is 0 Å². The molecule has 4 rings (SSSR count). The van der Waals surface area contributed by atoms with Gasteiger partial charge in [0.05, 0.1) is 41.8 Å². The van der Waals surface area contributed by atoms with E-state index in [4.69, 9.17) is 19.6 Å². The lowest BCUT2D eigenvalue weighted by molar-refractivity contribution is -0.192. The molecule has 1 unspecified atom stereocenters. The first-order valence-corrected chi connectivity index (χ1v) is 11.1. The lowest BCUT2D eigenvalue weighted by Crippen LogP contribution is -2.41. The van der Waals surface area contributed by atoms with Gasteiger partial charge in [0.15, 0.2) is 0 Å². The summed E-state index contributed by atoms with van der Waals surface area (Å²) >= 11 is 1.67. The third-order valence-electron chi connectivity index (χ3n) is 5.63. The first-order valence-electron chi connectivity index (χ1n) is 10.2. The summed E-state index contributed by atoms with van der Waals surface area (Å²) in [5.41, 5.74) is 2.21. The number of ether oxygens (including phenoxy) is 1. The molecule has 172 valence electrons. The number of aryl methyl sites for hydroxylation is 1. The Labute approximate surface area is 182 Å². The molecule has 2 aromatic heterocycles. The van der Waals surface area contributed by atoms with Gasteiger partial charge in [0.2, 0.25) is 0 Å². The van der Waals surface area contributed by atoms with Crippen LogP contribution in [0.2, 0.25) is 0 Å². The zero-order chi connectivity index (χ0) is 22.6. The van der Waals surface area contributed by atoms with Gasteiger partial charge >= 0.3 is 12.1 Å². The number of nitrogens with zero attached hydrogens (tertiary/aromatic N) is 4. The molecular weight excluding hydrogens is 433 g/mol. The van der Waals surface area contributed by atoms with E-state index in [1.807, 2.05) is 13.1 Å². The second-order valence-electron chi connectivity index (χ2n) is 7.88. The van der Waals surface area contributed by atoms with E-state index < -0.39 is 12.1 Å². The molecule has 3 heterocycles. The van der Waals surface area contributed by atoms with Crippen molar-refractivity contribution >= 4 is 17.3 Å². The number of hydrogen-bond donors (Lipinski definition) is 1. The van der Waals surface area contributed by atoms with Crippen molar-refractivity contribution < 1.29 is 27.8 Å². The van der Waals surface area contributed by atoms with Gasteiger partial charge in [0.25, 0.3) is 0 Å². The standard InChI is InChI=1S/C18H26N4OS.C2HF3O2/c1-13-18-19-8-17(11-23-10-16-12-24-14(2)20-16)22(18)7-6-21(13)9-15-4-3-5-15;3-2(4,5)1(6)7/h8,12-13,15H,3-7,9-11H2,1-2H3;(H,6,7). The van der Waals surface area contributed by atoms with Gasteiger partial charge in [-0.2, -0.15) is 13.2 Å². The van der Waals surface area contributed by atoms with E-state index in [-0.39, 0.29) is 0 Å². The molecule has 0 aromatic carbocycles. The van der Waals surface area contributed by atoms with E-state index in [1.165, 1.54) is 37.3 Å². The molecule has 1 saturated carbocycles. The number of carboxylic acid groups (broad SMARTS) is 1. The molecule has 31 heavy (non-hydrogen) atoms. The fourth-order valence-electron chi connectivity index (χ4n) is 3.71. The summed E-state index contributed by atoms with van der Waals surface area (Å²) in [6.07, 6.45) is 1.15. The number of hydrogen-bond acceptors (Lipinski definition) is 6. The summed E-state index contributed by atoms with van der Waals surface area (Å²) in [5, 5.41) is 10.3. The minimum Gasteiger partial charge on any atom is -0.475 e. The highest BCUT2D eigenvalue weighted by atomic mass is 32.1. The molecule has 1 aliphatic heterocycles. The van der Waals surface area contributed by atoms with Crippen LogP contribution in [0, 0.1) is 12.8 Å². The second-order valence-corrected chi connectivity index (χ2v) is 8.94. The number of halogens is 3. The summed E-state index contributed by atoms with van der Waals surface area (Å²) in [6.45, 7) is 8.90. The van der Waals surface area contributed by atoms with Gasteiger partial charge in [0, 0.05) is 25.0 Å². The molecule has 0 amide bonds. The van der Waals surface area contributed by atoms with Crippen molar-refractivity contribution in [1.82, 2.24) is 19.4 Å². The smallest absolute Gasteiger partial charge is 0.475 e. The highest BCUT2D eigenvalue weighted by Crippen LogP contribution is 2.32. The summed E-state index contributed by atoms with van der Waals surface area (Å²) in [7, 11) is 0. The number of fused-ring (bicyclic) bond motifs is 1. The summed E-state index contributed by atoms with van der Waals surface area (Å²) in [6, 6.07) is 0.411. The first kappa shape index (κ1) is 23.7. The Balaban J connectivity index is 0.000000339. The van der Waals surface area contributed by atoms with Crippen molar-refractivity contribution in [2.75, 3.05) is 13.1 Å². The lowest BCUT2D eigenvalue weighted by atomic mass is 9.84. The van der Waals surface area contributed by atoms with Crippen LogP contribution in [0.5, 0.6) is 0 Å². The molecule has 0 radical (unpaired) electrons. The van der Waals surface area contributed by atoms with E-state index in [1.54, 1.807) is 11.3 Å². The maximum Gasteiger partial charge on any atom is 0.490 e. The van der Waals surface area contributed by atoms with Crippen LogP contribution in [0.15, 0.2) is 11.6 Å². The number of aliphatic carboxylic acids is 1. The van der Waals surface area contributed by atoms with E-state index in [9.17, 15) is 13.2 Å². The Hall–Kier alpha value is -1.98. The molecule has 0 saturated heterocycles. The quantitative estimate of drug-likeness (QED) is 0.697. The maximum atomic E-state index is 10.6. The van der Waals surface area contributed by atoms with Crippen LogP contribution in [0.3, 0.4) is 0 Å². The van der Waals surface area contributed by atoms with Gasteiger partial charge in [-0.3, -0.25) is 4.90 Å². The number of aromatic nitrogens is 3. The van der Waals surface area contributed by atoms with Gasteiger partial charge < -0.3 is 14.4 Å². The highest BCUT2D eigenvalue weighted by molar-refractivity contribution is 7.09. The van der Waals surface area contributed by atoms with Gasteiger partial charge in [-0.05, 0) is 32.6 Å². The van der Waals surface area contributed by atoms with Crippen molar-refractivity contribution in [3.8, 4) is 0 Å². The van der Waals surface area contributed by atoms with Crippen molar-refractivity contribution in [3.05, 3.63) is 33.8 Å². The number of thiazole rings is 1. The van der Waals surface area contributed by atoms with E-state index in [2.05, 4.69) is 26.8 Å². The maximum absolute atomic E-state index is 10.6. The molecule has 1 N–H and O–H groups in total. The van der Waals surface area contributed by atoms with Crippen LogP contribution >= 0.6 is 11.3 Å². The van der Waals surface area contributed by atoms with Crippen molar-refractivity contribution in [2.45, 2.75) is 65.1 Å². The first-order chi connectivity index (χ1) is 14.6. The number of carboxylic acids is 1. The summed E-state index contributed by atoms with van der Waals surface area (Å²) in [5.74, 6) is -0.644. The Kier molecular flexibility index (Phi) is 7.71. The topological polar surface area (TPSA) is 80.5 Å². The van der Waals surface area contributed by atoms with Crippen molar-refractivity contribution in [1.29, 1.82) is 0 Å².